The number of nitrogens with zero attached hydrogens (tertiary/aromatic N) is 1. The first-order valence-electron chi connectivity index (χ1n) is 8.35. The van der Waals surface area contributed by atoms with Crippen LogP contribution in [-0.2, 0) is 21.2 Å². The molecule has 8 heteroatoms. The second-order valence-corrected chi connectivity index (χ2v) is 9.19. The number of furan rings is 1. The number of carbonyl (C=O) groups is 1. The Morgan fingerprint density at radius 2 is 2.19 bits per heavy atom. The van der Waals surface area contributed by atoms with Gasteiger partial charge in [0.2, 0.25) is 5.91 Å². The Hall–Kier alpha value is -1.83. The molecule has 1 aliphatic heterocycles. The van der Waals surface area contributed by atoms with Gasteiger partial charge in [0.05, 0.1) is 30.9 Å². The summed E-state index contributed by atoms with van der Waals surface area (Å²) >= 11 is 6.09. The largest absolute Gasteiger partial charge is 0.468 e. The third-order valence-corrected chi connectivity index (χ3v) is 6.62. The van der Waals surface area contributed by atoms with Gasteiger partial charge < -0.3 is 9.73 Å². The van der Waals surface area contributed by atoms with Crippen LogP contribution in [0.25, 0.3) is 0 Å². The number of carbonyl (C=O) groups excluding carboxylic acids is 1. The summed E-state index contributed by atoms with van der Waals surface area (Å²) < 4.78 is 29.0. The SMILES string of the molecule is Cc1ccc(NC(=O)CN(Cc2ccco2)C2CCS(=O)(=O)C2)cc1Cl. The molecule has 6 nitrogen and oxygen atoms in total. The highest BCUT2D eigenvalue weighted by molar-refractivity contribution is 7.91. The van der Waals surface area contributed by atoms with Crippen molar-refractivity contribution in [3.05, 3.63) is 52.9 Å². The highest BCUT2D eigenvalue weighted by Gasteiger charge is 2.33. The van der Waals surface area contributed by atoms with Crippen LogP contribution in [-0.4, -0.2) is 43.3 Å². The monoisotopic (exact) mass is 396 g/mol. The quantitative estimate of drug-likeness (QED) is 0.812. The normalized spacial score (nSPS) is 19.0. The van der Waals surface area contributed by atoms with Crippen LogP contribution in [0.5, 0.6) is 0 Å². The van der Waals surface area contributed by atoms with E-state index in [0.717, 1.165) is 5.56 Å². The third-order valence-electron chi connectivity index (χ3n) is 4.47. The van der Waals surface area contributed by atoms with Crippen molar-refractivity contribution in [3.8, 4) is 0 Å². The second-order valence-electron chi connectivity index (χ2n) is 6.55. The molecule has 1 aromatic carbocycles. The van der Waals surface area contributed by atoms with Gasteiger partial charge in [-0.2, -0.15) is 0 Å². The van der Waals surface area contributed by atoms with Crippen molar-refractivity contribution < 1.29 is 17.6 Å². The molecule has 140 valence electrons. The molecule has 3 rings (SSSR count). The number of anilines is 1. The zero-order valence-electron chi connectivity index (χ0n) is 14.4. The number of hydrogen-bond acceptors (Lipinski definition) is 5. The number of amides is 1. The lowest BCUT2D eigenvalue weighted by molar-refractivity contribution is -0.118. The summed E-state index contributed by atoms with van der Waals surface area (Å²) in [5.41, 5.74) is 1.54. The number of benzene rings is 1. The second kappa shape index (κ2) is 7.82. The van der Waals surface area contributed by atoms with Crippen molar-refractivity contribution >= 4 is 33.0 Å². The molecule has 1 amide bonds. The van der Waals surface area contributed by atoms with E-state index in [1.54, 1.807) is 24.5 Å². The number of nitrogens with one attached hydrogen (secondary N) is 1. The molecular formula is C18H21ClN2O4S. The summed E-state index contributed by atoms with van der Waals surface area (Å²) in [7, 11) is -3.05. The van der Waals surface area contributed by atoms with Crippen molar-refractivity contribution in [2.24, 2.45) is 0 Å². The van der Waals surface area contributed by atoms with Crippen molar-refractivity contribution in [1.82, 2.24) is 4.90 Å². The molecule has 1 aliphatic rings. The zero-order valence-corrected chi connectivity index (χ0v) is 16.0. The standard InChI is InChI=1S/C18H21ClN2O4S/c1-13-4-5-14(9-17(13)19)20-18(22)11-21(10-16-3-2-7-25-16)15-6-8-26(23,24)12-15/h2-5,7,9,15H,6,8,10-12H2,1H3,(H,20,22). The Kier molecular flexibility index (Phi) is 5.70. The minimum Gasteiger partial charge on any atom is -0.468 e. The van der Waals surface area contributed by atoms with Crippen LogP contribution in [0.15, 0.2) is 41.0 Å². The van der Waals surface area contributed by atoms with Crippen molar-refractivity contribution in [2.75, 3.05) is 23.4 Å². The summed E-state index contributed by atoms with van der Waals surface area (Å²) in [5.74, 6) is 0.694. The average molecular weight is 397 g/mol. The van der Waals surface area contributed by atoms with Gasteiger partial charge in [0, 0.05) is 16.8 Å². The van der Waals surface area contributed by atoms with E-state index < -0.39 is 9.84 Å². The first-order valence-corrected chi connectivity index (χ1v) is 10.6. The number of sulfone groups is 1. The molecule has 1 fully saturated rings. The van der Waals surface area contributed by atoms with Gasteiger partial charge in [0.25, 0.3) is 0 Å². The van der Waals surface area contributed by atoms with Crippen molar-refractivity contribution in [3.63, 3.8) is 0 Å². The highest BCUT2D eigenvalue weighted by atomic mass is 35.5. The Balaban J connectivity index is 1.69. The Bertz CT molecular complexity index is 881. The summed E-state index contributed by atoms with van der Waals surface area (Å²) in [4.78, 5) is 14.3. The van der Waals surface area contributed by atoms with Crippen LogP contribution < -0.4 is 5.32 Å². The lowest BCUT2D eigenvalue weighted by Gasteiger charge is -2.26. The maximum Gasteiger partial charge on any atom is 0.238 e. The number of halogens is 1. The predicted molar refractivity (Wildman–Crippen MR) is 101 cm³/mol. The Labute approximate surface area is 158 Å². The molecule has 2 aromatic rings. The summed E-state index contributed by atoms with van der Waals surface area (Å²) in [6, 6.07) is 8.71. The van der Waals surface area contributed by atoms with E-state index in [-0.39, 0.29) is 30.0 Å². The van der Waals surface area contributed by atoms with Gasteiger partial charge in [-0.1, -0.05) is 17.7 Å². The minimum atomic E-state index is -3.05. The third kappa shape index (κ3) is 4.87. The smallest absolute Gasteiger partial charge is 0.238 e. The molecule has 1 saturated heterocycles. The lowest BCUT2D eigenvalue weighted by Crippen LogP contribution is -2.41. The molecule has 1 unspecified atom stereocenters. The molecular weight excluding hydrogens is 376 g/mol. The molecule has 0 aliphatic carbocycles. The summed E-state index contributed by atoms with van der Waals surface area (Å²) in [6.45, 7) is 2.35. The summed E-state index contributed by atoms with van der Waals surface area (Å²) in [5, 5.41) is 3.40. The fourth-order valence-electron chi connectivity index (χ4n) is 3.04. The van der Waals surface area contributed by atoms with Gasteiger partial charge in [-0.3, -0.25) is 9.69 Å². The van der Waals surface area contributed by atoms with Gasteiger partial charge in [-0.15, -0.1) is 0 Å². The van der Waals surface area contributed by atoms with E-state index in [0.29, 0.717) is 29.4 Å². The van der Waals surface area contributed by atoms with Crippen LogP contribution in [0.1, 0.15) is 17.7 Å². The molecule has 0 radical (unpaired) electrons. The van der Waals surface area contributed by atoms with E-state index in [1.165, 1.54) is 0 Å². The molecule has 1 atom stereocenters. The Morgan fingerprint density at radius 3 is 2.81 bits per heavy atom. The molecule has 0 saturated carbocycles. The minimum absolute atomic E-state index is 0.0668. The van der Waals surface area contributed by atoms with Gasteiger partial charge >= 0.3 is 0 Å². The Morgan fingerprint density at radius 1 is 1.38 bits per heavy atom. The average Bonchev–Trinajstić information content (AvgIpc) is 3.19. The highest BCUT2D eigenvalue weighted by Crippen LogP contribution is 2.22. The summed E-state index contributed by atoms with van der Waals surface area (Å²) in [6.07, 6.45) is 2.08. The van der Waals surface area contributed by atoms with Gasteiger partial charge in [0.15, 0.2) is 9.84 Å². The lowest BCUT2D eigenvalue weighted by atomic mass is 10.2. The number of hydrogen-bond donors (Lipinski definition) is 1. The molecule has 0 bridgehead atoms. The van der Waals surface area contributed by atoms with E-state index in [4.69, 9.17) is 16.0 Å². The van der Waals surface area contributed by atoms with Crippen molar-refractivity contribution in [1.29, 1.82) is 0 Å². The molecule has 1 aromatic heterocycles. The number of aryl methyl sites for hydroxylation is 1. The topological polar surface area (TPSA) is 79.6 Å². The van der Waals surface area contributed by atoms with Gasteiger partial charge in [-0.05, 0) is 43.2 Å². The van der Waals surface area contributed by atoms with E-state index >= 15 is 0 Å². The van der Waals surface area contributed by atoms with Crippen LogP contribution in [0.4, 0.5) is 5.69 Å². The van der Waals surface area contributed by atoms with Crippen LogP contribution >= 0.6 is 11.6 Å². The van der Waals surface area contributed by atoms with Crippen LogP contribution in [0.3, 0.4) is 0 Å². The van der Waals surface area contributed by atoms with Crippen LogP contribution in [0.2, 0.25) is 5.02 Å². The molecule has 26 heavy (non-hydrogen) atoms. The fraction of sp³-hybridized carbons (Fsp3) is 0.389. The predicted octanol–water partition coefficient (Wildman–Crippen LogP) is 2.87. The molecule has 0 spiro atoms. The maximum absolute atomic E-state index is 12.5. The first kappa shape index (κ1) is 18.9. The number of rotatable bonds is 6. The van der Waals surface area contributed by atoms with Gasteiger partial charge in [0.1, 0.15) is 5.76 Å². The van der Waals surface area contributed by atoms with E-state index in [9.17, 15) is 13.2 Å². The van der Waals surface area contributed by atoms with Crippen LogP contribution in [0, 0.1) is 6.92 Å². The fourth-order valence-corrected chi connectivity index (χ4v) is 4.98. The first-order chi connectivity index (χ1) is 12.3. The molecule has 2 heterocycles. The van der Waals surface area contributed by atoms with Crippen molar-refractivity contribution in [2.45, 2.75) is 25.9 Å². The van der Waals surface area contributed by atoms with Gasteiger partial charge in [-0.25, -0.2) is 8.42 Å². The van der Waals surface area contributed by atoms with E-state index in [2.05, 4.69) is 5.32 Å². The van der Waals surface area contributed by atoms with E-state index in [1.807, 2.05) is 24.0 Å². The molecule has 1 N–H and O–H groups in total. The maximum atomic E-state index is 12.5. The zero-order chi connectivity index (χ0) is 18.7.